The fourth-order valence-electron chi connectivity index (χ4n) is 2.83. The molecule has 2 N–H and O–H groups in total. The zero-order valence-corrected chi connectivity index (χ0v) is 20.1. The fraction of sp³-hybridized carbons (Fsp3) is 0.381. The maximum atomic E-state index is 12.6. The van der Waals surface area contributed by atoms with Crippen LogP contribution in [0.15, 0.2) is 41.4 Å². The van der Waals surface area contributed by atoms with Crippen molar-refractivity contribution in [1.82, 2.24) is 10.6 Å². The SMILES string of the molecule is CN=C(NCCc1ccc(C(F)(F)F)cc1)NCc1cc(OC)c(OC)c(OC)c1.I. The Bertz CT molecular complexity index is 834. The van der Waals surface area contributed by atoms with Crippen molar-refractivity contribution in [3.8, 4) is 17.2 Å². The van der Waals surface area contributed by atoms with Gasteiger partial charge in [0.15, 0.2) is 17.5 Å². The van der Waals surface area contributed by atoms with Crippen molar-refractivity contribution in [2.75, 3.05) is 34.9 Å². The molecule has 0 bridgehead atoms. The van der Waals surface area contributed by atoms with Gasteiger partial charge in [0.05, 0.1) is 26.9 Å². The molecule has 31 heavy (non-hydrogen) atoms. The van der Waals surface area contributed by atoms with E-state index in [1.54, 1.807) is 28.4 Å². The topological polar surface area (TPSA) is 64.1 Å². The quantitative estimate of drug-likeness (QED) is 0.291. The summed E-state index contributed by atoms with van der Waals surface area (Å²) in [7, 11) is 6.29. The summed E-state index contributed by atoms with van der Waals surface area (Å²) >= 11 is 0. The van der Waals surface area contributed by atoms with Crippen LogP contribution >= 0.6 is 24.0 Å². The molecule has 6 nitrogen and oxygen atoms in total. The molecule has 0 fully saturated rings. The first kappa shape index (κ1) is 26.7. The second-order valence-corrected chi connectivity index (χ2v) is 6.33. The van der Waals surface area contributed by atoms with Crippen molar-refractivity contribution in [2.24, 2.45) is 4.99 Å². The smallest absolute Gasteiger partial charge is 0.416 e. The van der Waals surface area contributed by atoms with Crippen LogP contribution in [-0.4, -0.2) is 40.9 Å². The first-order valence-electron chi connectivity index (χ1n) is 9.22. The van der Waals surface area contributed by atoms with Crippen LogP contribution in [0, 0.1) is 0 Å². The predicted octanol–water partition coefficient (Wildman–Crippen LogP) is 4.26. The van der Waals surface area contributed by atoms with Crippen molar-refractivity contribution in [3.63, 3.8) is 0 Å². The highest BCUT2D eigenvalue weighted by molar-refractivity contribution is 14.0. The van der Waals surface area contributed by atoms with Crippen LogP contribution in [0.25, 0.3) is 0 Å². The zero-order chi connectivity index (χ0) is 22.1. The molecule has 0 saturated heterocycles. The third kappa shape index (κ3) is 7.67. The Morgan fingerprint density at radius 1 is 0.903 bits per heavy atom. The minimum absolute atomic E-state index is 0. The molecule has 2 aromatic carbocycles. The number of guanidine groups is 1. The maximum absolute atomic E-state index is 12.6. The standard InChI is InChI=1S/C21H26F3N3O3.HI/c1-25-20(26-10-9-14-5-7-16(8-6-14)21(22,23)24)27-13-15-11-17(28-2)19(30-4)18(12-15)29-3;/h5-8,11-12H,9-10,13H2,1-4H3,(H2,25,26,27);1H. The first-order valence-corrected chi connectivity index (χ1v) is 9.22. The minimum Gasteiger partial charge on any atom is -0.493 e. The summed E-state index contributed by atoms with van der Waals surface area (Å²) in [6.07, 6.45) is -3.77. The van der Waals surface area contributed by atoms with Crippen LogP contribution < -0.4 is 24.8 Å². The van der Waals surface area contributed by atoms with Crippen LogP contribution in [0.1, 0.15) is 16.7 Å². The van der Waals surface area contributed by atoms with E-state index in [4.69, 9.17) is 14.2 Å². The number of nitrogens with zero attached hydrogens (tertiary/aromatic N) is 1. The van der Waals surface area contributed by atoms with Gasteiger partial charge in [0, 0.05) is 20.1 Å². The number of aliphatic imine (C=N–C) groups is 1. The van der Waals surface area contributed by atoms with E-state index in [-0.39, 0.29) is 24.0 Å². The van der Waals surface area contributed by atoms with Crippen LogP contribution in [-0.2, 0) is 19.1 Å². The van der Waals surface area contributed by atoms with Gasteiger partial charge in [0.25, 0.3) is 0 Å². The molecule has 0 aliphatic rings. The van der Waals surface area contributed by atoms with Gasteiger partial charge >= 0.3 is 6.18 Å². The first-order chi connectivity index (χ1) is 14.3. The average molecular weight is 553 g/mol. The molecule has 0 unspecified atom stereocenters. The van der Waals surface area contributed by atoms with Crippen molar-refractivity contribution in [1.29, 1.82) is 0 Å². The molecule has 0 atom stereocenters. The summed E-state index contributed by atoms with van der Waals surface area (Å²) in [5.74, 6) is 2.19. The predicted molar refractivity (Wildman–Crippen MR) is 125 cm³/mol. The van der Waals surface area contributed by atoms with Gasteiger partial charge < -0.3 is 24.8 Å². The highest BCUT2D eigenvalue weighted by Gasteiger charge is 2.29. The summed E-state index contributed by atoms with van der Waals surface area (Å²) < 4.78 is 53.9. The van der Waals surface area contributed by atoms with Gasteiger partial charge in [-0.3, -0.25) is 4.99 Å². The summed E-state index contributed by atoms with van der Waals surface area (Å²) in [6.45, 7) is 0.969. The fourth-order valence-corrected chi connectivity index (χ4v) is 2.83. The molecular weight excluding hydrogens is 526 g/mol. The van der Waals surface area contributed by atoms with E-state index >= 15 is 0 Å². The highest BCUT2D eigenvalue weighted by atomic mass is 127. The van der Waals surface area contributed by atoms with Crippen LogP contribution in [0.3, 0.4) is 0 Å². The lowest BCUT2D eigenvalue weighted by Crippen LogP contribution is -2.37. The molecule has 10 heteroatoms. The van der Waals surface area contributed by atoms with E-state index in [2.05, 4.69) is 15.6 Å². The molecular formula is C21H27F3IN3O3. The van der Waals surface area contributed by atoms with Crippen LogP contribution in [0.4, 0.5) is 13.2 Å². The Labute approximate surface area is 197 Å². The Hall–Kier alpha value is -2.37. The van der Waals surface area contributed by atoms with Crippen molar-refractivity contribution in [3.05, 3.63) is 53.1 Å². The summed E-state index contributed by atoms with van der Waals surface area (Å²) in [5.41, 5.74) is 1.05. The van der Waals surface area contributed by atoms with E-state index in [1.807, 2.05) is 12.1 Å². The summed E-state index contributed by atoms with van der Waals surface area (Å²) in [6, 6.07) is 8.82. The van der Waals surface area contributed by atoms with Gasteiger partial charge in [0.1, 0.15) is 0 Å². The molecule has 0 amide bonds. The van der Waals surface area contributed by atoms with Gasteiger partial charge in [-0.2, -0.15) is 13.2 Å². The molecule has 0 spiro atoms. The molecule has 0 saturated carbocycles. The monoisotopic (exact) mass is 553 g/mol. The summed E-state index contributed by atoms with van der Waals surface area (Å²) in [4.78, 5) is 4.16. The van der Waals surface area contributed by atoms with Gasteiger partial charge in [-0.15, -0.1) is 24.0 Å². The average Bonchev–Trinajstić information content (AvgIpc) is 2.74. The molecule has 0 heterocycles. The van der Waals surface area contributed by atoms with E-state index in [1.165, 1.54) is 12.1 Å². The second-order valence-electron chi connectivity index (χ2n) is 6.33. The molecule has 0 aliphatic heterocycles. The number of ether oxygens (including phenoxy) is 3. The molecule has 0 aliphatic carbocycles. The Morgan fingerprint density at radius 3 is 1.94 bits per heavy atom. The van der Waals surface area contributed by atoms with Crippen LogP contribution in [0.5, 0.6) is 17.2 Å². The normalized spacial score (nSPS) is 11.4. The molecule has 0 radical (unpaired) electrons. The van der Waals surface area contributed by atoms with E-state index < -0.39 is 11.7 Å². The Morgan fingerprint density at radius 2 is 1.48 bits per heavy atom. The third-order valence-electron chi connectivity index (χ3n) is 4.40. The van der Waals surface area contributed by atoms with Gasteiger partial charge in [-0.25, -0.2) is 0 Å². The minimum atomic E-state index is -4.32. The molecule has 0 aromatic heterocycles. The Kier molecular flexibility index (Phi) is 10.7. The number of hydrogen-bond donors (Lipinski definition) is 2. The highest BCUT2D eigenvalue weighted by Crippen LogP contribution is 2.38. The Balaban J connectivity index is 0.00000480. The van der Waals surface area contributed by atoms with Crippen molar-refractivity contribution >= 4 is 29.9 Å². The zero-order valence-electron chi connectivity index (χ0n) is 17.8. The van der Waals surface area contributed by atoms with Gasteiger partial charge in [-0.1, -0.05) is 12.1 Å². The number of hydrogen-bond acceptors (Lipinski definition) is 4. The second kappa shape index (κ2) is 12.5. The molecule has 2 aromatic rings. The van der Waals surface area contributed by atoms with Crippen molar-refractivity contribution < 1.29 is 27.4 Å². The molecule has 2 rings (SSSR count). The van der Waals surface area contributed by atoms with Crippen LogP contribution in [0.2, 0.25) is 0 Å². The number of nitrogens with one attached hydrogen (secondary N) is 2. The molecule has 172 valence electrons. The number of halogens is 4. The number of rotatable bonds is 8. The maximum Gasteiger partial charge on any atom is 0.416 e. The third-order valence-corrected chi connectivity index (χ3v) is 4.40. The van der Waals surface area contributed by atoms with E-state index in [0.29, 0.717) is 42.7 Å². The largest absolute Gasteiger partial charge is 0.493 e. The number of alkyl halides is 3. The van der Waals surface area contributed by atoms with Gasteiger partial charge in [-0.05, 0) is 41.8 Å². The summed E-state index contributed by atoms with van der Waals surface area (Å²) in [5, 5.41) is 6.32. The van der Waals surface area contributed by atoms with E-state index in [9.17, 15) is 13.2 Å². The van der Waals surface area contributed by atoms with Crippen molar-refractivity contribution in [2.45, 2.75) is 19.1 Å². The lowest BCUT2D eigenvalue weighted by atomic mass is 10.1. The number of methoxy groups -OCH3 is 3. The number of benzene rings is 2. The van der Waals surface area contributed by atoms with Gasteiger partial charge in [0.2, 0.25) is 5.75 Å². The lowest BCUT2D eigenvalue weighted by molar-refractivity contribution is -0.137. The lowest BCUT2D eigenvalue weighted by Gasteiger charge is -2.16. The van der Waals surface area contributed by atoms with E-state index in [0.717, 1.165) is 23.3 Å².